The molecule has 2 aromatic rings. The summed E-state index contributed by atoms with van der Waals surface area (Å²) < 4.78 is 0. The molecule has 0 aromatic heterocycles. The van der Waals surface area contributed by atoms with Gasteiger partial charge in [-0.05, 0) is 41.8 Å². The van der Waals surface area contributed by atoms with Crippen LogP contribution in [0.15, 0.2) is 42.5 Å². The average molecular weight is 354 g/mol. The number of carbonyl (C=O) groups is 2. The number of phenols is 2. The molecule has 0 aliphatic carbocycles. The van der Waals surface area contributed by atoms with Gasteiger partial charge in [0.15, 0.2) is 17.3 Å². The number of carbonyl (C=O) groups excluding carboxylic acids is 2. The Hall–Kier alpha value is -3.68. The van der Waals surface area contributed by atoms with Crippen molar-refractivity contribution < 1.29 is 24.7 Å². The van der Waals surface area contributed by atoms with Gasteiger partial charge < -0.3 is 15.5 Å². The Balaban J connectivity index is 1.80. The van der Waals surface area contributed by atoms with Crippen LogP contribution in [-0.2, 0) is 16.0 Å². The van der Waals surface area contributed by atoms with Crippen LogP contribution in [0.1, 0.15) is 11.1 Å². The third kappa shape index (κ3) is 3.39. The summed E-state index contributed by atoms with van der Waals surface area (Å²) in [4.78, 5) is 34.9. The number of non-ortho nitro benzene ring substituents is 1. The molecule has 1 heterocycles. The molecule has 8 heteroatoms. The van der Waals surface area contributed by atoms with Crippen molar-refractivity contribution in [1.29, 1.82) is 0 Å². The van der Waals surface area contributed by atoms with Gasteiger partial charge in [-0.25, -0.2) is 0 Å². The summed E-state index contributed by atoms with van der Waals surface area (Å²) in [5.74, 6) is -2.54. The van der Waals surface area contributed by atoms with Crippen LogP contribution in [-0.4, -0.2) is 26.8 Å². The number of nitro groups is 1. The maximum absolute atomic E-state index is 12.4. The number of anilines is 1. The zero-order valence-corrected chi connectivity index (χ0v) is 13.4. The van der Waals surface area contributed by atoms with Gasteiger partial charge in [0.25, 0.3) is 5.69 Å². The zero-order chi connectivity index (χ0) is 18.8. The van der Waals surface area contributed by atoms with E-state index < -0.39 is 22.5 Å². The second kappa shape index (κ2) is 6.67. The number of amides is 1. The van der Waals surface area contributed by atoms with E-state index in [9.17, 15) is 29.9 Å². The molecule has 0 bridgehead atoms. The minimum Gasteiger partial charge on any atom is -0.504 e. The van der Waals surface area contributed by atoms with E-state index in [1.54, 1.807) is 0 Å². The fourth-order valence-corrected chi connectivity index (χ4v) is 2.69. The van der Waals surface area contributed by atoms with Crippen molar-refractivity contribution >= 4 is 29.1 Å². The molecule has 26 heavy (non-hydrogen) atoms. The number of rotatable bonds is 4. The van der Waals surface area contributed by atoms with Crippen molar-refractivity contribution in [2.45, 2.75) is 6.42 Å². The van der Waals surface area contributed by atoms with Crippen molar-refractivity contribution in [3.63, 3.8) is 0 Å². The van der Waals surface area contributed by atoms with E-state index in [-0.39, 0.29) is 23.6 Å². The van der Waals surface area contributed by atoms with Gasteiger partial charge in [-0.15, -0.1) is 0 Å². The van der Waals surface area contributed by atoms with Crippen molar-refractivity contribution in [3.05, 3.63) is 63.7 Å². The number of nitro benzene ring substituents is 1. The summed E-state index contributed by atoms with van der Waals surface area (Å²) >= 11 is 0. The number of benzene rings is 2. The van der Waals surface area contributed by atoms with Gasteiger partial charge in [-0.1, -0.05) is 12.1 Å². The number of nitrogens with zero attached hydrogens (tertiary/aromatic N) is 1. The molecule has 2 aromatic carbocycles. The van der Waals surface area contributed by atoms with Crippen LogP contribution in [0, 0.1) is 16.0 Å². The molecular weight excluding hydrogens is 340 g/mol. The quantitative estimate of drug-likeness (QED) is 0.254. The van der Waals surface area contributed by atoms with Gasteiger partial charge in [0, 0.05) is 17.8 Å². The summed E-state index contributed by atoms with van der Waals surface area (Å²) in [5, 5.41) is 32.2. The van der Waals surface area contributed by atoms with Gasteiger partial charge in [0.1, 0.15) is 5.92 Å². The smallest absolute Gasteiger partial charge is 0.269 e. The average Bonchev–Trinajstić information content (AvgIpc) is 2.61. The van der Waals surface area contributed by atoms with Crippen LogP contribution >= 0.6 is 0 Å². The Morgan fingerprint density at radius 3 is 2.65 bits per heavy atom. The Labute approximate surface area is 147 Å². The number of allylic oxidation sites excluding steroid dienone is 1. The van der Waals surface area contributed by atoms with Crippen LogP contribution in [0.3, 0.4) is 0 Å². The van der Waals surface area contributed by atoms with Crippen LogP contribution in [0.4, 0.5) is 11.4 Å². The summed E-state index contributed by atoms with van der Waals surface area (Å²) in [5.41, 5.74) is 1.34. The molecule has 3 rings (SSSR count). The molecule has 0 radical (unpaired) electrons. The lowest BCUT2D eigenvalue weighted by atomic mass is 9.89. The summed E-state index contributed by atoms with van der Waals surface area (Å²) in [6, 6.07) is 8.13. The van der Waals surface area contributed by atoms with Gasteiger partial charge in [0.05, 0.1) is 4.92 Å². The standard InChI is InChI=1S/C18H14N2O6/c21-15(5-1-10-2-6-16(22)17(23)7-10)13-9-11-8-12(20(25)26)3-4-14(11)19-18(13)24/h1-8,13,22-23H,9H2,(H,19,24). The van der Waals surface area contributed by atoms with E-state index in [0.717, 1.165) is 0 Å². The lowest BCUT2D eigenvalue weighted by Crippen LogP contribution is -2.34. The first-order valence-electron chi connectivity index (χ1n) is 7.67. The number of hydrogen-bond acceptors (Lipinski definition) is 6. The van der Waals surface area contributed by atoms with Crippen molar-refractivity contribution in [2.75, 3.05) is 5.32 Å². The van der Waals surface area contributed by atoms with E-state index in [4.69, 9.17) is 0 Å². The van der Waals surface area contributed by atoms with E-state index in [2.05, 4.69) is 5.32 Å². The lowest BCUT2D eigenvalue weighted by Gasteiger charge is -2.22. The molecule has 0 spiro atoms. The second-order valence-electron chi connectivity index (χ2n) is 5.83. The lowest BCUT2D eigenvalue weighted by molar-refractivity contribution is -0.384. The molecule has 132 valence electrons. The fraction of sp³-hybridized carbons (Fsp3) is 0.111. The number of hydrogen-bond donors (Lipinski definition) is 3. The van der Waals surface area contributed by atoms with Gasteiger partial charge in [-0.3, -0.25) is 19.7 Å². The van der Waals surface area contributed by atoms with E-state index in [1.165, 1.54) is 48.6 Å². The Kier molecular flexibility index (Phi) is 4.40. The summed E-state index contributed by atoms with van der Waals surface area (Å²) in [6.45, 7) is 0. The topological polar surface area (TPSA) is 130 Å². The molecule has 1 unspecified atom stereocenters. The molecule has 0 saturated heterocycles. The van der Waals surface area contributed by atoms with Gasteiger partial charge in [0.2, 0.25) is 5.91 Å². The molecule has 0 fully saturated rings. The molecular formula is C18H14N2O6. The monoisotopic (exact) mass is 354 g/mol. The Morgan fingerprint density at radius 1 is 1.19 bits per heavy atom. The van der Waals surface area contributed by atoms with Crippen molar-refractivity contribution in [1.82, 2.24) is 0 Å². The SMILES string of the molecule is O=C(C=Cc1ccc(O)c(O)c1)C1Cc2cc([N+](=O)[O-])ccc2NC1=O. The van der Waals surface area contributed by atoms with Crippen LogP contribution in [0.2, 0.25) is 0 Å². The maximum atomic E-state index is 12.4. The van der Waals surface area contributed by atoms with Crippen molar-refractivity contribution in [3.8, 4) is 11.5 Å². The predicted octanol–water partition coefficient (Wildman–Crippen LogP) is 2.40. The Morgan fingerprint density at radius 2 is 1.96 bits per heavy atom. The second-order valence-corrected chi connectivity index (χ2v) is 5.83. The van der Waals surface area contributed by atoms with Crippen LogP contribution in [0.5, 0.6) is 11.5 Å². The molecule has 1 atom stereocenters. The molecule has 3 N–H and O–H groups in total. The highest BCUT2D eigenvalue weighted by molar-refractivity contribution is 6.13. The third-order valence-corrected chi connectivity index (χ3v) is 4.08. The molecule has 1 aliphatic rings. The normalized spacial score (nSPS) is 16.2. The van der Waals surface area contributed by atoms with Crippen molar-refractivity contribution in [2.24, 2.45) is 5.92 Å². The fourth-order valence-electron chi connectivity index (χ4n) is 2.69. The third-order valence-electron chi connectivity index (χ3n) is 4.08. The molecule has 0 saturated carbocycles. The highest BCUT2D eigenvalue weighted by atomic mass is 16.6. The number of fused-ring (bicyclic) bond motifs is 1. The molecule has 1 aliphatic heterocycles. The van der Waals surface area contributed by atoms with E-state index in [1.807, 2.05) is 0 Å². The number of aromatic hydroxyl groups is 2. The van der Waals surface area contributed by atoms with E-state index in [0.29, 0.717) is 16.8 Å². The zero-order valence-electron chi connectivity index (χ0n) is 13.4. The first-order chi connectivity index (χ1) is 12.3. The van der Waals surface area contributed by atoms with Gasteiger partial charge >= 0.3 is 0 Å². The molecule has 1 amide bonds. The minimum absolute atomic E-state index is 0.0623. The van der Waals surface area contributed by atoms with Crippen LogP contribution < -0.4 is 5.32 Å². The predicted molar refractivity (Wildman–Crippen MR) is 92.7 cm³/mol. The number of ketones is 1. The number of nitrogens with one attached hydrogen (secondary N) is 1. The first kappa shape index (κ1) is 17.2. The maximum Gasteiger partial charge on any atom is 0.269 e. The van der Waals surface area contributed by atoms with Crippen LogP contribution in [0.25, 0.3) is 6.08 Å². The highest BCUT2D eigenvalue weighted by Crippen LogP contribution is 2.30. The molecule has 8 nitrogen and oxygen atoms in total. The van der Waals surface area contributed by atoms with E-state index >= 15 is 0 Å². The minimum atomic E-state index is -0.994. The van der Waals surface area contributed by atoms with Gasteiger partial charge in [-0.2, -0.15) is 0 Å². The summed E-state index contributed by atoms with van der Waals surface area (Å²) in [7, 11) is 0. The largest absolute Gasteiger partial charge is 0.504 e. The Bertz CT molecular complexity index is 951. The number of phenolic OH excluding ortho intramolecular Hbond substituents is 2. The highest BCUT2D eigenvalue weighted by Gasteiger charge is 2.31. The first-order valence-corrected chi connectivity index (χ1v) is 7.67. The summed E-state index contributed by atoms with van der Waals surface area (Å²) in [6.07, 6.45) is 2.68.